The minimum atomic E-state index is -0.558. The highest BCUT2D eigenvalue weighted by Gasteiger charge is 2.22. The smallest absolute Gasteiger partial charge is 0.285 e. The van der Waals surface area contributed by atoms with Crippen LogP contribution in [0.25, 0.3) is 0 Å². The van der Waals surface area contributed by atoms with E-state index in [1.807, 2.05) is 0 Å². The Labute approximate surface area is 134 Å². The number of nitro groups is 1. The van der Waals surface area contributed by atoms with Gasteiger partial charge in [0.15, 0.2) is 0 Å². The molecule has 23 heavy (non-hydrogen) atoms. The highest BCUT2D eigenvalue weighted by molar-refractivity contribution is 5.98. The van der Waals surface area contributed by atoms with Crippen molar-refractivity contribution in [2.24, 2.45) is 0 Å². The summed E-state index contributed by atoms with van der Waals surface area (Å²) in [4.78, 5) is 34.4. The second-order valence-corrected chi connectivity index (χ2v) is 5.78. The van der Waals surface area contributed by atoms with Gasteiger partial charge in [-0.1, -0.05) is 25.0 Å². The molecule has 0 aromatic heterocycles. The molecule has 1 saturated carbocycles. The largest absolute Gasteiger partial charge is 0.353 e. The molecular weight excluding hydrogens is 298 g/mol. The Morgan fingerprint density at radius 1 is 1.30 bits per heavy atom. The van der Waals surface area contributed by atoms with Crippen LogP contribution in [0.2, 0.25) is 0 Å². The topological polar surface area (TPSA) is 101 Å². The molecule has 2 N–H and O–H groups in total. The molecule has 0 unspecified atom stereocenters. The monoisotopic (exact) mass is 319 g/mol. The first-order chi connectivity index (χ1) is 11.0. The Kier molecular flexibility index (Phi) is 5.67. The lowest BCUT2D eigenvalue weighted by Crippen LogP contribution is -2.35. The fourth-order valence-corrected chi connectivity index (χ4v) is 2.84. The first-order valence-corrected chi connectivity index (χ1v) is 7.80. The molecule has 0 heterocycles. The molecule has 124 valence electrons. The van der Waals surface area contributed by atoms with E-state index >= 15 is 0 Å². The van der Waals surface area contributed by atoms with Crippen molar-refractivity contribution in [3.05, 3.63) is 39.4 Å². The van der Waals surface area contributed by atoms with Gasteiger partial charge in [-0.05, 0) is 25.8 Å². The van der Waals surface area contributed by atoms with Crippen LogP contribution in [0, 0.1) is 17.0 Å². The summed E-state index contributed by atoms with van der Waals surface area (Å²) in [6.07, 6.45) is 4.46. The predicted molar refractivity (Wildman–Crippen MR) is 85.2 cm³/mol. The van der Waals surface area contributed by atoms with Crippen molar-refractivity contribution in [3.8, 4) is 0 Å². The summed E-state index contributed by atoms with van der Waals surface area (Å²) in [5.74, 6) is -0.634. The number of nitrogens with zero attached hydrogens (tertiary/aromatic N) is 1. The van der Waals surface area contributed by atoms with Crippen LogP contribution in [0.15, 0.2) is 18.2 Å². The maximum Gasteiger partial charge on any atom is 0.285 e. The van der Waals surface area contributed by atoms with Crippen LogP contribution in [0.5, 0.6) is 0 Å². The summed E-state index contributed by atoms with van der Waals surface area (Å²) in [5, 5.41) is 16.6. The van der Waals surface area contributed by atoms with Crippen molar-refractivity contribution in [1.29, 1.82) is 0 Å². The van der Waals surface area contributed by atoms with Crippen LogP contribution < -0.4 is 10.6 Å². The van der Waals surface area contributed by atoms with Gasteiger partial charge in [-0.15, -0.1) is 0 Å². The number of benzene rings is 1. The van der Waals surface area contributed by atoms with Crippen molar-refractivity contribution in [3.63, 3.8) is 0 Å². The first kappa shape index (κ1) is 16.9. The summed E-state index contributed by atoms with van der Waals surface area (Å²) in [7, 11) is 0. The van der Waals surface area contributed by atoms with Crippen molar-refractivity contribution in [2.45, 2.75) is 45.1 Å². The van der Waals surface area contributed by atoms with E-state index < -0.39 is 10.8 Å². The average Bonchev–Trinajstić information content (AvgIpc) is 2.99. The van der Waals surface area contributed by atoms with Crippen LogP contribution in [-0.2, 0) is 4.79 Å². The number of amides is 2. The molecule has 0 spiro atoms. The Morgan fingerprint density at radius 2 is 2.00 bits per heavy atom. The summed E-state index contributed by atoms with van der Waals surface area (Å²) in [5.41, 5.74) is 0.258. The number of para-hydroxylation sites is 1. The lowest BCUT2D eigenvalue weighted by Gasteiger charge is -2.12. The van der Waals surface area contributed by atoms with E-state index in [1.54, 1.807) is 19.1 Å². The molecule has 1 aliphatic rings. The highest BCUT2D eigenvalue weighted by atomic mass is 16.6. The molecule has 0 aliphatic heterocycles. The first-order valence-electron chi connectivity index (χ1n) is 7.80. The van der Waals surface area contributed by atoms with E-state index in [0.717, 1.165) is 25.7 Å². The summed E-state index contributed by atoms with van der Waals surface area (Å²) in [6, 6.07) is 4.85. The molecule has 0 radical (unpaired) electrons. The van der Waals surface area contributed by atoms with E-state index in [-0.39, 0.29) is 36.2 Å². The van der Waals surface area contributed by atoms with Gasteiger partial charge in [-0.25, -0.2) is 0 Å². The molecule has 2 amide bonds. The second kappa shape index (κ2) is 7.71. The number of carbonyl (C=O) groups excluding carboxylic acids is 2. The van der Waals surface area contributed by atoms with Crippen LogP contribution in [0.3, 0.4) is 0 Å². The van der Waals surface area contributed by atoms with Gasteiger partial charge in [0.25, 0.3) is 11.6 Å². The zero-order chi connectivity index (χ0) is 16.8. The fourth-order valence-electron chi connectivity index (χ4n) is 2.84. The third-order valence-corrected chi connectivity index (χ3v) is 4.02. The van der Waals surface area contributed by atoms with Crippen molar-refractivity contribution >= 4 is 17.5 Å². The third kappa shape index (κ3) is 4.51. The summed E-state index contributed by atoms with van der Waals surface area (Å²) in [6.45, 7) is 1.74. The van der Waals surface area contributed by atoms with Crippen molar-refractivity contribution in [1.82, 2.24) is 10.6 Å². The molecular formula is C16H21N3O4. The Balaban J connectivity index is 1.86. The van der Waals surface area contributed by atoms with Crippen LogP contribution >= 0.6 is 0 Å². The Morgan fingerprint density at radius 3 is 2.65 bits per heavy atom. The van der Waals surface area contributed by atoms with Gasteiger partial charge in [0.05, 0.1) is 4.92 Å². The number of hydrogen-bond donors (Lipinski definition) is 2. The average molecular weight is 319 g/mol. The minimum Gasteiger partial charge on any atom is -0.353 e. The molecule has 0 bridgehead atoms. The van der Waals surface area contributed by atoms with E-state index in [0.29, 0.717) is 5.56 Å². The van der Waals surface area contributed by atoms with Gasteiger partial charge < -0.3 is 10.6 Å². The molecule has 1 fully saturated rings. The van der Waals surface area contributed by atoms with E-state index in [4.69, 9.17) is 0 Å². The number of carbonyl (C=O) groups is 2. The predicted octanol–water partition coefficient (Wildman–Crippen LogP) is 2.08. The van der Waals surface area contributed by atoms with E-state index in [1.165, 1.54) is 6.07 Å². The molecule has 7 nitrogen and oxygen atoms in total. The molecule has 1 aromatic rings. The number of hydrogen-bond acceptors (Lipinski definition) is 4. The standard InChI is InChI=1S/C16H21N3O4/c1-11-5-4-8-13(15(11)19(22)23)16(21)17-10-9-14(20)18-12-6-2-3-7-12/h4-5,8,12H,2-3,6-7,9-10H2,1H3,(H,17,21)(H,18,20). The number of rotatable bonds is 6. The second-order valence-electron chi connectivity index (χ2n) is 5.78. The number of nitro benzene ring substituents is 1. The summed E-state index contributed by atoms with van der Waals surface area (Å²) < 4.78 is 0. The molecule has 1 aliphatic carbocycles. The number of nitrogens with one attached hydrogen (secondary N) is 2. The van der Waals surface area contributed by atoms with Gasteiger partial charge in [-0.3, -0.25) is 19.7 Å². The van der Waals surface area contributed by atoms with E-state index in [2.05, 4.69) is 10.6 Å². The Hall–Kier alpha value is -2.44. The molecule has 1 aromatic carbocycles. The zero-order valence-corrected chi connectivity index (χ0v) is 13.1. The zero-order valence-electron chi connectivity index (χ0n) is 13.1. The number of aryl methyl sites for hydroxylation is 1. The van der Waals surface area contributed by atoms with Gasteiger partial charge in [0.1, 0.15) is 5.56 Å². The van der Waals surface area contributed by atoms with Gasteiger partial charge in [-0.2, -0.15) is 0 Å². The van der Waals surface area contributed by atoms with Crippen molar-refractivity contribution < 1.29 is 14.5 Å². The Bertz CT molecular complexity index is 609. The normalized spacial score (nSPS) is 14.5. The van der Waals surface area contributed by atoms with Gasteiger partial charge >= 0.3 is 0 Å². The van der Waals surface area contributed by atoms with Gasteiger partial charge in [0.2, 0.25) is 5.91 Å². The summed E-state index contributed by atoms with van der Waals surface area (Å²) >= 11 is 0. The van der Waals surface area contributed by atoms with Crippen LogP contribution in [0.4, 0.5) is 5.69 Å². The van der Waals surface area contributed by atoms with E-state index in [9.17, 15) is 19.7 Å². The van der Waals surface area contributed by atoms with Crippen LogP contribution in [-0.4, -0.2) is 29.3 Å². The SMILES string of the molecule is Cc1cccc(C(=O)NCCC(=O)NC2CCCC2)c1[N+](=O)[O-]. The quantitative estimate of drug-likeness (QED) is 0.619. The van der Waals surface area contributed by atoms with Crippen LogP contribution in [0.1, 0.15) is 48.0 Å². The molecule has 0 atom stereocenters. The lowest BCUT2D eigenvalue weighted by atomic mass is 10.1. The maximum absolute atomic E-state index is 12.1. The highest BCUT2D eigenvalue weighted by Crippen LogP contribution is 2.22. The lowest BCUT2D eigenvalue weighted by molar-refractivity contribution is -0.385. The minimum absolute atomic E-state index is 0.0196. The fraction of sp³-hybridized carbons (Fsp3) is 0.500. The van der Waals surface area contributed by atoms with Gasteiger partial charge in [0, 0.05) is 24.6 Å². The molecule has 0 saturated heterocycles. The molecule has 2 rings (SSSR count). The van der Waals surface area contributed by atoms with Crippen molar-refractivity contribution in [2.75, 3.05) is 6.54 Å². The maximum atomic E-state index is 12.1. The molecule has 7 heteroatoms. The third-order valence-electron chi connectivity index (χ3n) is 4.02.